The highest BCUT2D eigenvalue weighted by molar-refractivity contribution is 6.01. The van der Waals surface area contributed by atoms with Gasteiger partial charge in [0.2, 0.25) is 11.8 Å². The average Bonchev–Trinajstić information content (AvgIpc) is 3.20. The van der Waals surface area contributed by atoms with Crippen molar-refractivity contribution in [2.75, 3.05) is 32.6 Å². The van der Waals surface area contributed by atoms with Crippen LogP contribution in [0.15, 0.2) is 55.0 Å². The summed E-state index contributed by atoms with van der Waals surface area (Å²) in [6.07, 6.45) is 3.73. The first kappa shape index (κ1) is 30.3. The molecule has 0 bridgehead atoms. The summed E-state index contributed by atoms with van der Waals surface area (Å²) in [5, 5.41) is 8.73. The number of hydrogen-bond donors (Lipinski definition) is 2. The summed E-state index contributed by atoms with van der Waals surface area (Å²) in [5.74, 6) is -1.15. The molecule has 0 fully saturated rings. The highest BCUT2D eigenvalue weighted by Gasteiger charge is 2.17. The van der Waals surface area contributed by atoms with Crippen molar-refractivity contribution in [3.05, 3.63) is 77.8 Å². The fourth-order valence-corrected chi connectivity index (χ4v) is 3.77. The summed E-state index contributed by atoms with van der Waals surface area (Å²) < 4.78 is 41.1. The molecule has 4 rings (SSSR count). The number of benzene rings is 2. The molecule has 4 aromatic rings. The van der Waals surface area contributed by atoms with Gasteiger partial charge in [-0.15, -0.1) is 12.4 Å². The first-order chi connectivity index (χ1) is 18.7. The number of fused-ring (bicyclic) bond motifs is 1. The molecule has 0 saturated carbocycles. The normalized spacial score (nSPS) is 10.8. The first-order valence-electron chi connectivity index (χ1n) is 12.1. The van der Waals surface area contributed by atoms with E-state index in [1.54, 1.807) is 10.7 Å². The van der Waals surface area contributed by atoms with E-state index >= 15 is 0 Å². The highest BCUT2D eigenvalue weighted by atomic mass is 35.5. The van der Waals surface area contributed by atoms with E-state index in [0.29, 0.717) is 23.4 Å². The lowest BCUT2D eigenvalue weighted by Crippen LogP contribution is -2.35. The van der Waals surface area contributed by atoms with Crippen molar-refractivity contribution in [1.82, 2.24) is 24.8 Å². The van der Waals surface area contributed by atoms with Gasteiger partial charge in [-0.1, -0.05) is 12.1 Å². The molecular weight excluding hydrogens is 546 g/mol. The van der Waals surface area contributed by atoms with Crippen LogP contribution in [0, 0.1) is 18.6 Å². The second-order valence-electron chi connectivity index (χ2n) is 9.03. The van der Waals surface area contributed by atoms with Gasteiger partial charge < -0.3 is 19.7 Å². The molecule has 3 amide bonds. The van der Waals surface area contributed by atoms with E-state index in [9.17, 15) is 18.4 Å². The van der Waals surface area contributed by atoms with Crippen molar-refractivity contribution in [3.8, 4) is 17.4 Å². The van der Waals surface area contributed by atoms with Gasteiger partial charge in [0.05, 0.1) is 19.2 Å². The van der Waals surface area contributed by atoms with E-state index in [0.717, 1.165) is 24.6 Å². The maximum absolute atomic E-state index is 14.9. The number of amides is 3. The lowest BCUT2D eigenvalue weighted by molar-refractivity contribution is -0.119. The number of aryl methyl sites for hydroxylation is 1. The van der Waals surface area contributed by atoms with Gasteiger partial charge in [0.1, 0.15) is 23.4 Å². The lowest BCUT2D eigenvalue weighted by Gasteiger charge is -2.11. The van der Waals surface area contributed by atoms with Gasteiger partial charge in [-0.25, -0.2) is 18.1 Å². The number of ether oxygens (including phenoxy) is 2. The van der Waals surface area contributed by atoms with Crippen LogP contribution in [-0.4, -0.2) is 58.7 Å². The topological polar surface area (TPSA) is 110 Å². The number of carbonyl (C=O) groups is 2. The molecule has 2 aromatic heterocycles. The number of aromatic nitrogens is 3. The summed E-state index contributed by atoms with van der Waals surface area (Å²) >= 11 is 0. The standard InChI is InChI=1S/C27H28F2N6O4.ClH/c1-17-23(38-12-4-11-34(2)3)15-35-25(17)26(30-16-31-35)39-22-10-9-20(14-21(22)29)32-27(37)33-24(36)13-18-5-7-19(28)8-6-18;/h5-10,14-16H,4,11-13H2,1-3H3,(H2,32,33,36,37);1H. The molecule has 0 atom stereocenters. The zero-order valence-corrected chi connectivity index (χ0v) is 22.9. The fourth-order valence-electron chi connectivity index (χ4n) is 3.77. The Balaban J connectivity index is 0.00000441. The highest BCUT2D eigenvalue weighted by Crippen LogP contribution is 2.33. The molecule has 2 aromatic carbocycles. The van der Waals surface area contributed by atoms with Crippen LogP contribution in [0.3, 0.4) is 0 Å². The molecule has 212 valence electrons. The molecule has 2 N–H and O–H groups in total. The Bertz CT molecular complexity index is 1480. The number of carbonyl (C=O) groups excluding carboxylic acids is 2. The number of halogens is 3. The van der Waals surface area contributed by atoms with Gasteiger partial charge in [0.15, 0.2) is 11.6 Å². The summed E-state index contributed by atoms with van der Waals surface area (Å²) in [5.41, 5.74) is 1.92. The van der Waals surface area contributed by atoms with Gasteiger partial charge in [-0.05, 0) is 57.3 Å². The van der Waals surface area contributed by atoms with Gasteiger partial charge >= 0.3 is 6.03 Å². The van der Waals surface area contributed by atoms with Crippen molar-refractivity contribution in [2.45, 2.75) is 19.8 Å². The van der Waals surface area contributed by atoms with Gasteiger partial charge in [0.25, 0.3) is 0 Å². The van der Waals surface area contributed by atoms with Crippen LogP contribution in [0.2, 0.25) is 0 Å². The van der Waals surface area contributed by atoms with Crippen molar-refractivity contribution in [3.63, 3.8) is 0 Å². The van der Waals surface area contributed by atoms with Crippen molar-refractivity contribution in [2.24, 2.45) is 0 Å². The summed E-state index contributed by atoms with van der Waals surface area (Å²) in [7, 11) is 3.99. The Morgan fingerprint density at radius 3 is 2.52 bits per heavy atom. The molecule has 0 radical (unpaired) electrons. The number of imide groups is 1. The average molecular weight is 575 g/mol. The van der Waals surface area contributed by atoms with Crippen LogP contribution in [0.4, 0.5) is 19.3 Å². The molecule has 0 aliphatic carbocycles. The Morgan fingerprint density at radius 2 is 1.82 bits per heavy atom. The van der Waals surface area contributed by atoms with Crippen molar-refractivity contribution < 1.29 is 27.8 Å². The molecule has 13 heteroatoms. The quantitative estimate of drug-likeness (QED) is 0.263. The van der Waals surface area contributed by atoms with Gasteiger partial charge in [0, 0.05) is 23.9 Å². The molecular formula is C27H29ClF2N6O4. The number of nitrogens with zero attached hydrogens (tertiary/aromatic N) is 4. The van der Waals surface area contributed by atoms with E-state index in [-0.39, 0.29) is 36.1 Å². The van der Waals surface area contributed by atoms with Crippen molar-refractivity contribution in [1.29, 1.82) is 0 Å². The second kappa shape index (κ2) is 13.7. The minimum atomic E-state index is -0.838. The number of rotatable bonds is 10. The SMILES string of the molecule is Cc1c(OCCCN(C)C)cn2ncnc(Oc3ccc(NC(=O)NC(=O)Cc4ccc(F)cc4)cc3F)c12.Cl. The van der Waals surface area contributed by atoms with Gasteiger partial charge in [-0.2, -0.15) is 10.1 Å². The zero-order valence-electron chi connectivity index (χ0n) is 22.1. The molecule has 0 spiro atoms. The van der Waals surface area contributed by atoms with Crippen molar-refractivity contribution >= 4 is 35.5 Å². The molecule has 0 saturated heterocycles. The Kier molecular flexibility index (Phi) is 10.3. The maximum Gasteiger partial charge on any atom is 0.325 e. The number of urea groups is 1. The largest absolute Gasteiger partial charge is 0.492 e. The molecule has 40 heavy (non-hydrogen) atoms. The molecule has 10 nitrogen and oxygen atoms in total. The predicted molar refractivity (Wildman–Crippen MR) is 147 cm³/mol. The van der Waals surface area contributed by atoms with Crippen LogP contribution in [0.25, 0.3) is 5.52 Å². The summed E-state index contributed by atoms with van der Waals surface area (Å²) in [4.78, 5) is 30.5. The minimum absolute atomic E-state index is 0. The first-order valence-corrected chi connectivity index (χ1v) is 12.1. The molecule has 2 heterocycles. The number of nitrogens with one attached hydrogen (secondary N) is 2. The lowest BCUT2D eigenvalue weighted by atomic mass is 10.1. The van der Waals surface area contributed by atoms with Gasteiger partial charge in [-0.3, -0.25) is 10.1 Å². The third kappa shape index (κ3) is 7.87. The van der Waals surface area contributed by atoms with Crippen LogP contribution < -0.4 is 20.1 Å². The molecule has 0 unspecified atom stereocenters. The van der Waals surface area contributed by atoms with E-state index in [1.165, 1.54) is 42.7 Å². The summed E-state index contributed by atoms with van der Waals surface area (Å²) in [6.45, 7) is 3.25. The maximum atomic E-state index is 14.9. The number of hydrogen-bond acceptors (Lipinski definition) is 7. The zero-order chi connectivity index (χ0) is 27.9. The van der Waals surface area contributed by atoms with E-state index in [2.05, 4.69) is 25.6 Å². The van der Waals surface area contributed by atoms with Crippen LogP contribution >= 0.6 is 12.4 Å². The third-order valence-corrected chi connectivity index (χ3v) is 5.68. The number of anilines is 1. The predicted octanol–water partition coefficient (Wildman–Crippen LogP) is 4.75. The Labute approximate surface area is 235 Å². The minimum Gasteiger partial charge on any atom is -0.492 e. The van der Waals surface area contributed by atoms with E-state index in [4.69, 9.17) is 9.47 Å². The third-order valence-electron chi connectivity index (χ3n) is 5.68. The van der Waals surface area contributed by atoms with E-state index in [1.807, 2.05) is 21.0 Å². The van der Waals surface area contributed by atoms with Crippen LogP contribution in [0.5, 0.6) is 17.4 Å². The molecule has 0 aliphatic rings. The van der Waals surface area contributed by atoms with Crippen LogP contribution in [-0.2, 0) is 11.2 Å². The van der Waals surface area contributed by atoms with E-state index < -0.39 is 23.6 Å². The fraction of sp³-hybridized carbons (Fsp3) is 0.259. The van der Waals surface area contributed by atoms with Crippen LogP contribution in [0.1, 0.15) is 17.5 Å². The Morgan fingerprint density at radius 1 is 1.07 bits per heavy atom. The second-order valence-corrected chi connectivity index (χ2v) is 9.03. The Hall–Kier alpha value is -4.29. The molecule has 0 aliphatic heterocycles. The smallest absolute Gasteiger partial charge is 0.325 e. The monoisotopic (exact) mass is 574 g/mol. The summed E-state index contributed by atoms with van der Waals surface area (Å²) in [6, 6.07) is 8.31.